The number of ether oxygens (including phenoxy) is 3. The van der Waals surface area contributed by atoms with Crippen LogP contribution >= 0.6 is 0 Å². The molecule has 1 aromatic heterocycles. The van der Waals surface area contributed by atoms with E-state index in [0.717, 1.165) is 5.69 Å². The molecule has 1 aromatic carbocycles. The minimum atomic E-state index is -3.02. The lowest BCUT2D eigenvalue weighted by molar-refractivity contribution is -0.135. The van der Waals surface area contributed by atoms with E-state index in [1.807, 2.05) is 23.1 Å². The molecule has 9 nitrogen and oxygen atoms in total. The lowest BCUT2D eigenvalue weighted by Gasteiger charge is -2.32. The van der Waals surface area contributed by atoms with Gasteiger partial charge in [-0.3, -0.25) is 4.79 Å². The zero-order chi connectivity index (χ0) is 26.2. The second kappa shape index (κ2) is 10.3. The topological polar surface area (TPSA) is 98.3 Å². The third-order valence-electron chi connectivity index (χ3n) is 6.99. The van der Waals surface area contributed by atoms with Crippen LogP contribution in [0.2, 0.25) is 0 Å². The highest BCUT2D eigenvalue weighted by atomic mass is 32.2. The Kier molecular flexibility index (Phi) is 7.11. The molecule has 2 saturated heterocycles. The van der Waals surface area contributed by atoms with Crippen molar-refractivity contribution in [3.05, 3.63) is 36.0 Å². The van der Waals surface area contributed by atoms with Crippen molar-refractivity contribution in [3.63, 3.8) is 0 Å². The van der Waals surface area contributed by atoms with Crippen molar-refractivity contribution in [2.75, 3.05) is 42.6 Å². The minimum absolute atomic E-state index is 0.00755. The van der Waals surface area contributed by atoms with Crippen LogP contribution in [0.15, 0.2) is 30.5 Å². The third-order valence-corrected chi connectivity index (χ3v) is 8.70. The van der Waals surface area contributed by atoms with Crippen LogP contribution in [0.1, 0.15) is 24.8 Å². The number of rotatable bonds is 6. The van der Waals surface area contributed by atoms with Crippen LogP contribution in [0.3, 0.4) is 0 Å². The van der Waals surface area contributed by atoms with Gasteiger partial charge < -0.3 is 24.0 Å². The van der Waals surface area contributed by atoms with E-state index in [9.17, 15) is 22.0 Å². The van der Waals surface area contributed by atoms with Gasteiger partial charge in [0.2, 0.25) is 11.8 Å². The van der Waals surface area contributed by atoms with Gasteiger partial charge in [0.05, 0.1) is 42.2 Å². The number of anilines is 2. The molecule has 0 spiro atoms. The fraction of sp³-hybridized carbons (Fsp3) is 0.520. The van der Waals surface area contributed by atoms with E-state index < -0.39 is 16.4 Å². The number of benzene rings is 1. The first kappa shape index (κ1) is 25.5. The van der Waals surface area contributed by atoms with Crippen molar-refractivity contribution < 1.29 is 36.2 Å². The summed E-state index contributed by atoms with van der Waals surface area (Å²) in [5.41, 5.74) is 1.97. The van der Waals surface area contributed by atoms with Gasteiger partial charge in [-0.15, -0.1) is 0 Å². The molecule has 3 aliphatic rings. The number of likely N-dealkylation sites (tertiary alicyclic amines) is 1. The highest BCUT2D eigenvalue weighted by Crippen LogP contribution is 2.40. The normalized spacial score (nSPS) is 21.5. The molecule has 0 bridgehead atoms. The van der Waals surface area contributed by atoms with Gasteiger partial charge in [-0.25, -0.2) is 13.4 Å². The molecule has 200 valence electrons. The zero-order valence-corrected chi connectivity index (χ0v) is 21.3. The first-order valence-electron chi connectivity index (χ1n) is 12.3. The van der Waals surface area contributed by atoms with Crippen molar-refractivity contribution in [2.45, 2.75) is 38.9 Å². The first-order chi connectivity index (χ1) is 17.7. The Labute approximate surface area is 214 Å². The molecule has 3 aliphatic heterocycles. The number of nitrogens with zero attached hydrogens (tertiary/aromatic N) is 3. The van der Waals surface area contributed by atoms with Gasteiger partial charge in [-0.05, 0) is 38.0 Å². The molecule has 2 fully saturated rings. The summed E-state index contributed by atoms with van der Waals surface area (Å²) in [4.78, 5) is 20.7. The molecule has 0 radical (unpaired) electrons. The summed E-state index contributed by atoms with van der Waals surface area (Å²) in [6.45, 7) is 0.730. The maximum Gasteiger partial charge on any atom is 0.388 e. The van der Waals surface area contributed by atoms with Crippen molar-refractivity contribution in [2.24, 2.45) is 5.92 Å². The molecule has 2 aromatic rings. The standard InChI is InChI=1S/C25H29F2N3O6S/c1-16-12-18(14-28-23(16)36-25(26)27)30-8-9-34-22-3-2-19(13-21(22)30)35-20-4-7-29(15-20)24(31)17-5-10-37(32,33)11-6-17/h2-3,12-14,17,20,25H,4-11,15H2,1H3/t20-/m0/s1. The monoisotopic (exact) mass is 537 g/mol. The predicted octanol–water partition coefficient (Wildman–Crippen LogP) is 3.33. The molecule has 1 amide bonds. The highest BCUT2D eigenvalue weighted by Gasteiger charge is 2.35. The second-order valence-electron chi connectivity index (χ2n) is 9.56. The maximum absolute atomic E-state index is 12.9. The average molecular weight is 538 g/mol. The van der Waals surface area contributed by atoms with Gasteiger partial charge in [-0.2, -0.15) is 8.78 Å². The number of amides is 1. The fourth-order valence-corrected chi connectivity index (χ4v) is 6.55. The number of pyridine rings is 1. The van der Waals surface area contributed by atoms with Crippen molar-refractivity contribution >= 4 is 27.1 Å². The molecule has 0 aliphatic carbocycles. The number of halogens is 2. The summed E-state index contributed by atoms with van der Waals surface area (Å²) in [6.07, 6.45) is 2.76. The Morgan fingerprint density at radius 3 is 2.68 bits per heavy atom. The van der Waals surface area contributed by atoms with E-state index >= 15 is 0 Å². The van der Waals surface area contributed by atoms with E-state index in [0.29, 0.717) is 68.3 Å². The second-order valence-corrected chi connectivity index (χ2v) is 11.9. The van der Waals surface area contributed by atoms with Gasteiger partial charge in [0, 0.05) is 30.5 Å². The number of sulfone groups is 1. The smallest absolute Gasteiger partial charge is 0.388 e. The van der Waals surface area contributed by atoms with Crippen LogP contribution in [0.25, 0.3) is 0 Å². The minimum Gasteiger partial charge on any atom is -0.490 e. The van der Waals surface area contributed by atoms with Crippen LogP contribution in [0, 0.1) is 12.8 Å². The van der Waals surface area contributed by atoms with Gasteiger partial charge >= 0.3 is 6.61 Å². The number of carbonyl (C=O) groups excluding carboxylic acids is 1. The van der Waals surface area contributed by atoms with Crippen LogP contribution < -0.4 is 19.1 Å². The molecule has 0 unspecified atom stereocenters. The van der Waals surface area contributed by atoms with Crippen LogP contribution in [0.4, 0.5) is 20.2 Å². The van der Waals surface area contributed by atoms with Gasteiger partial charge in [0.25, 0.3) is 0 Å². The first-order valence-corrected chi connectivity index (χ1v) is 14.1. The predicted molar refractivity (Wildman–Crippen MR) is 132 cm³/mol. The third kappa shape index (κ3) is 5.73. The summed E-state index contributed by atoms with van der Waals surface area (Å²) in [5.74, 6) is 1.09. The summed E-state index contributed by atoms with van der Waals surface area (Å²) < 4.78 is 65.1. The number of aromatic nitrogens is 1. The maximum atomic E-state index is 12.9. The molecule has 37 heavy (non-hydrogen) atoms. The molecule has 4 heterocycles. The molecular formula is C25H29F2N3O6S. The average Bonchev–Trinajstić information content (AvgIpc) is 3.33. The zero-order valence-electron chi connectivity index (χ0n) is 20.4. The Morgan fingerprint density at radius 1 is 1.16 bits per heavy atom. The van der Waals surface area contributed by atoms with E-state index in [-0.39, 0.29) is 35.3 Å². The van der Waals surface area contributed by atoms with Gasteiger partial charge in [-0.1, -0.05) is 0 Å². The number of hydrogen-bond acceptors (Lipinski definition) is 8. The van der Waals surface area contributed by atoms with Gasteiger partial charge in [0.15, 0.2) is 0 Å². The number of fused-ring (bicyclic) bond motifs is 1. The SMILES string of the molecule is Cc1cc(N2CCOc3ccc(O[C@H]4CCN(C(=O)C5CCS(=O)(=O)CC5)C4)cc32)cnc1OC(F)F. The Morgan fingerprint density at radius 2 is 1.95 bits per heavy atom. The molecule has 0 N–H and O–H groups in total. The summed E-state index contributed by atoms with van der Waals surface area (Å²) >= 11 is 0. The van der Waals surface area contributed by atoms with Crippen molar-refractivity contribution in [1.29, 1.82) is 0 Å². The Bertz CT molecular complexity index is 1260. The molecule has 0 saturated carbocycles. The number of alkyl halides is 2. The van der Waals surface area contributed by atoms with E-state index in [1.165, 1.54) is 6.20 Å². The van der Waals surface area contributed by atoms with E-state index in [2.05, 4.69) is 9.72 Å². The van der Waals surface area contributed by atoms with Crippen LogP contribution in [-0.2, 0) is 14.6 Å². The largest absolute Gasteiger partial charge is 0.490 e. The van der Waals surface area contributed by atoms with Crippen molar-refractivity contribution in [1.82, 2.24) is 9.88 Å². The number of hydrogen-bond donors (Lipinski definition) is 0. The fourth-order valence-electron chi connectivity index (χ4n) is 5.05. The van der Waals surface area contributed by atoms with E-state index in [1.54, 1.807) is 17.9 Å². The molecule has 5 rings (SSSR count). The lowest BCUT2D eigenvalue weighted by atomic mass is 10.0. The number of carbonyl (C=O) groups is 1. The van der Waals surface area contributed by atoms with E-state index in [4.69, 9.17) is 9.47 Å². The summed E-state index contributed by atoms with van der Waals surface area (Å²) in [6, 6.07) is 7.25. The Balaban J connectivity index is 1.26. The lowest BCUT2D eigenvalue weighted by Crippen LogP contribution is -2.39. The quantitative estimate of drug-likeness (QED) is 0.554. The van der Waals surface area contributed by atoms with Crippen molar-refractivity contribution in [3.8, 4) is 17.4 Å². The number of aryl methyl sites for hydroxylation is 1. The summed E-state index contributed by atoms with van der Waals surface area (Å²) in [5, 5.41) is 0. The van der Waals surface area contributed by atoms with Gasteiger partial charge in [0.1, 0.15) is 34.0 Å². The Hall–Kier alpha value is -3.15. The highest BCUT2D eigenvalue weighted by molar-refractivity contribution is 7.91. The molecule has 1 atom stereocenters. The molecule has 12 heteroatoms. The van der Waals surface area contributed by atoms with Crippen LogP contribution in [0.5, 0.6) is 17.4 Å². The van der Waals surface area contributed by atoms with Crippen LogP contribution in [-0.4, -0.2) is 74.7 Å². The molecular weight excluding hydrogens is 508 g/mol. The summed E-state index contributed by atoms with van der Waals surface area (Å²) in [7, 11) is -3.02.